The van der Waals surface area contributed by atoms with E-state index < -0.39 is 18.2 Å². The molecule has 2 amide bonds. The second-order valence-corrected chi connectivity index (χ2v) is 11.5. The number of nitrogens with one attached hydrogen (secondary N) is 3. The van der Waals surface area contributed by atoms with E-state index in [1.807, 2.05) is 72.8 Å². The van der Waals surface area contributed by atoms with Crippen LogP contribution in [0.25, 0.3) is 0 Å². The first-order valence-electron chi connectivity index (χ1n) is 15.1. The molecule has 2 unspecified atom stereocenters. The molecule has 232 valence electrons. The number of nitrogens with zero attached hydrogens (tertiary/aromatic N) is 1. The van der Waals surface area contributed by atoms with Crippen molar-refractivity contribution in [2.24, 2.45) is 5.92 Å². The average molecular weight is 598 g/mol. The molecule has 0 bridgehead atoms. The molecule has 4 rings (SSSR count). The highest BCUT2D eigenvalue weighted by atomic mass is 16.3. The van der Waals surface area contributed by atoms with Crippen LogP contribution in [0.4, 0.5) is 5.82 Å². The van der Waals surface area contributed by atoms with Crippen molar-refractivity contribution in [3.63, 3.8) is 0 Å². The molecule has 0 aliphatic heterocycles. The molecular weight excluding hydrogens is 554 g/mol. The number of benzene rings is 2. The van der Waals surface area contributed by atoms with Crippen LogP contribution in [0.3, 0.4) is 0 Å². The number of nitrogen functional groups attached to an aromatic ring is 1. The Morgan fingerprint density at radius 2 is 1.77 bits per heavy atom. The Morgan fingerprint density at radius 3 is 2.48 bits per heavy atom. The van der Waals surface area contributed by atoms with E-state index >= 15 is 0 Å². The van der Waals surface area contributed by atoms with Crippen molar-refractivity contribution in [1.82, 2.24) is 20.9 Å². The van der Waals surface area contributed by atoms with Gasteiger partial charge in [-0.25, -0.2) is 4.98 Å². The van der Waals surface area contributed by atoms with Gasteiger partial charge in [-0.1, -0.05) is 78.9 Å². The van der Waals surface area contributed by atoms with Gasteiger partial charge in [-0.15, -0.1) is 0 Å². The summed E-state index contributed by atoms with van der Waals surface area (Å²) in [6.07, 6.45) is 7.36. The molecule has 1 aliphatic rings. The number of hydrogen-bond donors (Lipinski definition) is 6. The number of nitrogens with two attached hydrogens (primary N) is 1. The maximum absolute atomic E-state index is 12.8. The Balaban J connectivity index is 1.17. The van der Waals surface area contributed by atoms with Gasteiger partial charge in [-0.2, -0.15) is 0 Å². The normalized spacial score (nSPS) is 17.2. The predicted octanol–water partition coefficient (Wildman–Crippen LogP) is 3.32. The molecule has 2 aromatic carbocycles. The van der Waals surface area contributed by atoms with Crippen molar-refractivity contribution >= 4 is 17.6 Å². The van der Waals surface area contributed by atoms with Crippen LogP contribution in [-0.2, 0) is 22.4 Å². The number of rotatable bonds is 14. The largest absolute Gasteiger partial charge is 0.387 e. The van der Waals surface area contributed by atoms with Gasteiger partial charge in [0.05, 0.1) is 30.6 Å². The molecule has 0 saturated heterocycles. The molecule has 44 heavy (non-hydrogen) atoms. The highest BCUT2D eigenvalue weighted by Crippen LogP contribution is 2.20. The summed E-state index contributed by atoms with van der Waals surface area (Å²) < 4.78 is 0. The van der Waals surface area contributed by atoms with E-state index in [2.05, 4.69) is 27.9 Å². The number of carbonyl (C=O) groups is 2. The summed E-state index contributed by atoms with van der Waals surface area (Å²) in [6.45, 7) is 4.63. The number of aromatic nitrogens is 1. The lowest BCUT2D eigenvalue weighted by atomic mass is 9.95. The fourth-order valence-electron chi connectivity index (χ4n) is 5.12. The van der Waals surface area contributed by atoms with Crippen molar-refractivity contribution in [3.8, 4) is 0 Å². The number of hydrogen-bond acceptors (Lipinski definition) is 7. The maximum Gasteiger partial charge on any atom is 0.227 e. The number of carbonyl (C=O) groups excluding carboxylic acids is 2. The van der Waals surface area contributed by atoms with Gasteiger partial charge in [-0.05, 0) is 55.0 Å². The molecule has 0 spiro atoms. The van der Waals surface area contributed by atoms with Gasteiger partial charge in [0.25, 0.3) is 0 Å². The third-order valence-corrected chi connectivity index (χ3v) is 7.74. The zero-order chi connectivity index (χ0) is 31.5. The Bertz CT molecular complexity index is 1440. The fourth-order valence-corrected chi connectivity index (χ4v) is 5.12. The summed E-state index contributed by atoms with van der Waals surface area (Å²) in [6, 6.07) is 20.4. The van der Waals surface area contributed by atoms with Crippen molar-refractivity contribution < 1.29 is 19.8 Å². The highest BCUT2D eigenvalue weighted by Gasteiger charge is 2.23. The summed E-state index contributed by atoms with van der Waals surface area (Å²) >= 11 is 0. The van der Waals surface area contributed by atoms with Gasteiger partial charge in [0, 0.05) is 30.9 Å². The minimum Gasteiger partial charge on any atom is -0.387 e. The average Bonchev–Trinajstić information content (AvgIpc) is 3.03. The molecule has 9 heteroatoms. The lowest BCUT2D eigenvalue weighted by molar-refractivity contribution is -0.125. The number of pyridine rings is 1. The molecular formula is C35H43N5O4. The lowest BCUT2D eigenvalue weighted by Crippen LogP contribution is -2.40. The Hall–Kier alpha value is -4.31. The topological polar surface area (TPSA) is 150 Å². The third kappa shape index (κ3) is 9.87. The van der Waals surface area contributed by atoms with E-state index in [0.717, 1.165) is 28.7 Å². The van der Waals surface area contributed by atoms with Gasteiger partial charge in [0.1, 0.15) is 5.82 Å². The Morgan fingerprint density at radius 1 is 1.00 bits per heavy atom. The van der Waals surface area contributed by atoms with Crippen LogP contribution in [0.15, 0.2) is 96.7 Å². The van der Waals surface area contributed by atoms with Crippen molar-refractivity contribution in [2.75, 3.05) is 18.8 Å². The smallest absolute Gasteiger partial charge is 0.227 e. The summed E-state index contributed by atoms with van der Waals surface area (Å²) in [5, 5.41) is 30.2. The van der Waals surface area contributed by atoms with Gasteiger partial charge in [-0.3, -0.25) is 9.59 Å². The van der Waals surface area contributed by atoms with E-state index in [9.17, 15) is 19.8 Å². The number of aliphatic hydroxyl groups is 2. The summed E-state index contributed by atoms with van der Waals surface area (Å²) in [5.74, 6) is -0.118. The Labute approximate surface area is 259 Å². The molecule has 7 N–H and O–H groups in total. The van der Waals surface area contributed by atoms with E-state index in [-0.39, 0.29) is 30.2 Å². The van der Waals surface area contributed by atoms with Crippen LogP contribution in [-0.4, -0.2) is 52.2 Å². The molecule has 1 heterocycles. The molecule has 9 nitrogen and oxygen atoms in total. The summed E-state index contributed by atoms with van der Waals surface area (Å²) in [5.41, 5.74) is 10.1. The van der Waals surface area contributed by atoms with Crippen LogP contribution >= 0.6 is 0 Å². The van der Waals surface area contributed by atoms with Gasteiger partial charge in [0.2, 0.25) is 11.8 Å². The molecule has 3 aromatic rings. The predicted molar refractivity (Wildman–Crippen MR) is 172 cm³/mol. The quantitative estimate of drug-likeness (QED) is 0.167. The van der Waals surface area contributed by atoms with Crippen LogP contribution in [0.2, 0.25) is 0 Å². The summed E-state index contributed by atoms with van der Waals surface area (Å²) in [4.78, 5) is 29.5. The minimum absolute atomic E-state index is 0.0774. The van der Waals surface area contributed by atoms with Gasteiger partial charge >= 0.3 is 0 Å². The second-order valence-electron chi connectivity index (χ2n) is 11.5. The highest BCUT2D eigenvalue weighted by molar-refractivity contribution is 5.81. The first-order chi connectivity index (χ1) is 21.2. The number of allylic oxidation sites excluding steroid dienone is 1. The van der Waals surface area contributed by atoms with E-state index in [0.29, 0.717) is 30.9 Å². The SMILES string of the molecule is CC(Cc1cccc(CC(=O)NCC2=CCC(C(=O)N[C@H](C)[C@@H](O)c3ccccc3)C=C2)c1)NC[C@H](O)c1ccc(N)nc1. The molecule has 5 atom stereocenters. The van der Waals surface area contributed by atoms with E-state index in [4.69, 9.17) is 5.73 Å². The molecule has 0 saturated carbocycles. The van der Waals surface area contributed by atoms with Crippen LogP contribution < -0.4 is 21.7 Å². The molecule has 0 radical (unpaired) electrons. The van der Waals surface area contributed by atoms with Gasteiger partial charge < -0.3 is 31.9 Å². The monoisotopic (exact) mass is 597 g/mol. The molecule has 0 fully saturated rings. The fraction of sp³-hybridized carbons (Fsp3) is 0.343. The maximum atomic E-state index is 12.8. The third-order valence-electron chi connectivity index (χ3n) is 7.74. The first-order valence-corrected chi connectivity index (χ1v) is 15.1. The molecule has 1 aliphatic carbocycles. The van der Waals surface area contributed by atoms with Crippen molar-refractivity contribution in [1.29, 1.82) is 0 Å². The Kier molecular flexibility index (Phi) is 11.8. The zero-order valence-electron chi connectivity index (χ0n) is 25.3. The van der Waals surface area contributed by atoms with E-state index in [1.165, 1.54) is 0 Å². The number of amides is 2. The van der Waals surface area contributed by atoms with Crippen LogP contribution in [0.1, 0.15) is 54.7 Å². The first kappa shape index (κ1) is 32.6. The molecule has 1 aromatic heterocycles. The van der Waals surface area contributed by atoms with Crippen LogP contribution in [0.5, 0.6) is 0 Å². The minimum atomic E-state index is -0.785. The summed E-state index contributed by atoms with van der Waals surface area (Å²) in [7, 11) is 0. The lowest BCUT2D eigenvalue weighted by Gasteiger charge is -2.23. The van der Waals surface area contributed by atoms with Crippen LogP contribution in [0, 0.1) is 5.92 Å². The van der Waals surface area contributed by atoms with Gasteiger partial charge in [0.15, 0.2) is 0 Å². The zero-order valence-corrected chi connectivity index (χ0v) is 25.3. The van der Waals surface area contributed by atoms with E-state index in [1.54, 1.807) is 25.3 Å². The number of aliphatic hydroxyl groups excluding tert-OH is 2. The number of anilines is 1. The van der Waals surface area contributed by atoms with Crippen molar-refractivity contribution in [2.45, 2.75) is 57.4 Å². The van der Waals surface area contributed by atoms with Crippen molar-refractivity contribution in [3.05, 3.63) is 119 Å². The standard InChI is InChI=1S/C35H43N5O4/c1-23(37-22-31(41)30-15-16-32(36)38-21-30)17-26-7-6-8-27(18-26)19-33(42)39-20-25-11-13-29(14-12-25)35(44)40-24(2)34(43)28-9-4-3-5-10-28/h3-13,15-16,18,21,23-24,29,31,34,37,41,43H,14,17,19-20,22H2,1-2H3,(H2,36,38)(H,39,42)(H,40,44)/t23?,24-,29?,31+,34-/m1/s1. The second kappa shape index (κ2) is 16.0.